The molecule has 0 heterocycles. The van der Waals surface area contributed by atoms with Crippen molar-refractivity contribution in [3.05, 3.63) is 71.4 Å². The van der Waals surface area contributed by atoms with Gasteiger partial charge in [0, 0.05) is 6.21 Å². The van der Waals surface area contributed by atoms with Crippen LogP contribution in [-0.4, -0.2) is 19.8 Å². The summed E-state index contributed by atoms with van der Waals surface area (Å²) in [4.78, 5) is 1.97. The van der Waals surface area contributed by atoms with Crippen molar-refractivity contribution in [2.24, 2.45) is 5.10 Å². The number of rotatable bonds is 6. The summed E-state index contributed by atoms with van der Waals surface area (Å²) in [5, 5.41) is 22.6. The summed E-state index contributed by atoms with van der Waals surface area (Å²) in [5.74, 6) is 0. The van der Waals surface area contributed by atoms with E-state index in [1.165, 1.54) is 30.5 Å². The molecule has 2 aromatic carbocycles. The summed E-state index contributed by atoms with van der Waals surface area (Å²) in [6.07, 6.45) is 4.69. The monoisotopic (exact) mass is 332 g/mol. The van der Waals surface area contributed by atoms with E-state index in [2.05, 4.69) is 5.10 Å². The molecular formula is C15H14N3O4S-. The van der Waals surface area contributed by atoms with E-state index in [-0.39, 0.29) is 15.8 Å². The minimum absolute atomic E-state index is 0.0711. The molecule has 8 heteroatoms. The fourth-order valence-corrected chi connectivity index (χ4v) is 2.47. The van der Waals surface area contributed by atoms with Crippen LogP contribution in [0.15, 0.2) is 70.7 Å². The highest BCUT2D eigenvalue weighted by atomic mass is 32.2. The minimum Gasteiger partial charge on any atom is -0.733 e. The highest BCUT2D eigenvalue weighted by molar-refractivity contribution is 7.89. The predicted octanol–water partition coefficient (Wildman–Crippen LogP) is 2.36. The molecule has 23 heavy (non-hydrogen) atoms. The number of hydrogen-bond acceptors (Lipinski definition) is 6. The second kappa shape index (κ2) is 7.54. The van der Waals surface area contributed by atoms with E-state index in [0.717, 1.165) is 5.56 Å². The zero-order chi connectivity index (χ0) is 16.7. The third-order valence-corrected chi connectivity index (χ3v) is 4.03. The number of anilines is 1. The van der Waals surface area contributed by atoms with Crippen LogP contribution in [0.1, 0.15) is 5.56 Å². The molecule has 0 aliphatic heterocycles. The second-order valence-corrected chi connectivity index (χ2v) is 6.07. The molecule has 120 valence electrons. The SMILES string of the molecule is O=S(=O)(NN=CC=Cc1ccccc1)c1ccc(N([O-])O)cc1. The lowest BCUT2D eigenvalue weighted by molar-refractivity contribution is 0.296. The molecule has 0 bridgehead atoms. The highest BCUT2D eigenvalue weighted by Crippen LogP contribution is 2.15. The number of hydrogen-bond donors (Lipinski definition) is 2. The van der Waals surface area contributed by atoms with Crippen molar-refractivity contribution in [1.29, 1.82) is 0 Å². The predicted molar refractivity (Wildman–Crippen MR) is 88.4 cm³/mol. The van der Waals surface area contributed by atoms with Gasteiger partial charge in [0.2, 0.25) is 0 Å². The van der Waals surface area contributed by atoms with Crippen molar-refractivity contribution in [3.8, 4) is 0 Å². The molecular weight excluding hydrogens is 318 g/mol. The van der Waals surface area contributed by atoms with Crippen LogP contribution in [-0.2, 0) is 10.0 Å². The maximum Gasteiger partial charge on any atom is 0.276 e. The molecule has 2 N–H and O–H groups in total. The summed E-state index contributed by atoms with van der Waals surface area (Å²) < 4.78 is 23.9. The van der Waals surface area contributed by atoms with E-state index in [1.807, 2.05) is 35.2 Å². The third-order valence-electron chi connectivity index (χ3n) is 2.79. The lowest BCUT2D eigenvalue weighted by Crippen LogP contribution is -2.18. The van der Waals surface area contributed by atoms with Gasteiger partial charge in [-0.1, -0.05) is 36.4 Å². The molecule has 2 rings (SSSR count). The van der Waals surface area contributed by atoms with Gasteiger partial charge in [0.25, 0.3) is 10.0 Å². The van der Waals surface area contributed by atoms with Gasteiger partial charge in [-0.15, -0.1) is 0 Å². The Morgan fingerprint density at radius 3 is 2.35 bits per heavy atom. The second-order valence-electron chi connectivity index (χ2n) is 4.41. The van der Waals surface area contributed by atoms with Crippen molar-refractivity contribution in [1.82, 2.24) is 4.83 Å². The van der Waals surface area contributed by atoms with Gasteiger partial charge in [-0.25, -0.2) is 4.83 Å². The van der Waals surface area contributed by atoms with E-state index in [9.17, 15) is 13.6 Å². The van der Waals surface area contributed by atoms with Gasteiger partial charge in [0.15, 0.2) is 0 Å². The fourth-order valence-electron chi connectivity index (χ4n) is 1.67. The van der Waals surface area contributed by atoms with Gasteiger partial charge < -0.3 is 10.4 Å². The van der Waals surface area contributed by atoms with Crippen LogP contribution in [0.2, 0.25) is 0 Å². The third kappa shape index (κ3) is 4.92. The summed E-state index contributed by atoms with van der Waals surface area (Å²) in [6.45, 7) is 0. The molecule has 0 atom stereocenters. The van der Waals surface area contributed by atoms with Crippen LogP contribution < -0.4 is 10.1 Å². The molecule has 0 aromatic heterocycles. The molecule has 0 aliphatic rings. The first kappa shape index (κ1) is 16.7. The van der Waals surface area contributed by atoms with Crippen LogP contribution in [0.4, 0.5) is 5.69 Å². The maximum atomic E-state index is 11.9. The quantitative estimate of drug-likeness (QED) is 0.624. The average Bonchev–Trinajstić information content (AvgIpc) is 2.55. The van der Waals surface area contributed by atoms with Gasteiger partial charge in [-0.05, 0) is 35.9 Å². The first-order chi connectivity index (χ1) is 11.0. The van der Waals surface area contributed by atoms with Crippen LogP contribution in [0.5, 0.6) is 0 Å². The fraction of sp³-hybridized carbons (Fsp3) is 0. The molecule has 0 aliphatic carbocycles. The van der Waals surface area contributed by atoms with Gasteiger partial charge in [0.1, 0.15) is 0 Å². The van der Waals surface area contributed by atoms with Crippen molar-refractivity contribution in [2.75, 3.05) is 5.23 Å². The molecule has 0 saturated carbocycles. The van der Waals surface area contributed by atoms with E-state index >= 15 is 0 Å². The number of sulfonamides is 1. The van der Waals surface area contributed by atoms with Crippen molar-refractivity contribution in [2.45, 2.75) is 4.90 Å². The van der Waals surface area contributed by atoms with Crippen molar-refractivity contribution >= 4 is 28.0 Å². The summed E-state index contributed by atoms with van der Waals surface area (Å²) in [5.41, 5.74) is 0.891. The zero-order valence-corrected chi connectivity index (χ0v) is 12.7. The Labute approximate surface area is 133 Å². The Hall–Kier alpha value is -2.68. The van der Waals surface area contributed by atoms with E-state index < -0.39 is 10.0 Å². The standard InChI is InChI=1S/C15H14N3O4S/c19-18(20)14-8-10-15(11-9-14)23(21,22)17-16-12-4-7-13-5-2-1-3-6-13/h1-12,17,19H/q-1. The van der Waals surface area contributed by atoms with Gasteiger partial charge in [0.05, 0.1) is 10.6 Å². The van der Waals surface area contributed by atoms with Gasteiger partial charge in [-0.2, -0.15) is 13.5 Å². The molecule has 0 fully saturated rings. The van der Waals surface area contributed by atoms with Gasteiger partial charge >= 0.3 is 0 Å². The lowest BCUT2D eigenvalue weighted by atomic mass is 10.2. The molecule has 7 nitrogen and oxygen atoms in total. The smallest absolute Gasteiger partial charge is 0.276 e. The van der Waals surface area contributed by atoms with E-state index in [4.69, 9.17) is 5.21 Å². The van der Waals surface area contributed by atoms with Crippen molar-refractivity contribution < 1.29 is 13.6 Å². The zero-order valence-electron chi connectivity index (χ0n) is 11.9. The Morgan fingerprint density at radius 2 is 1.74 bits per heavy atom. The Balaban J connectivity index is 1.98. The number of allylic oxidation sites excluding steroid dienone is 1. The maximum absolute atomic E-state index is 11.9. The summed E-state index contributed by atoms with van der Waals surface area (Å²) in [7, 11) is -3.83. The normalized spacial score (nSPS) is 11.9. The van der Waals surface area contributed by atoms with Crippen molar-refractivity contribution in [3.63, 3.8) is 0 Å². The average molecular weight is 332 g/mol. The number of hydrazone groups is 1. The number of nitrogens with zero attached hydrogens (tertiary/aromatic N) is 2. The summed E-state index contributed by atoms with van der Waals surface area (Å²) >= 11 is 0. The number of benzene rings is 2. The Kier molecular flexibility index (Phi) is 5.47. The van der Waals surface area contributed by atoms with Crippen LogP contribution in [0.25, 0.3) is 6.08 Å². The summed E-state index contributed by atoms with van der Waals surface area (Å²) in [6, 6.07) is 14.2. The Morgan fingerprint density at radius 1 is 1.09 bits per heavy atom. The van der Waals surface area contributed by atoms with E-state index in [0.29, 0.717) is 0 Å². The van der Waals surface area contributed by atoms with Crippen LogP contribution in [0.3, 0.4) is 0 Å². The molecule has 0 amide bonds. The first-order valence-electron chi connectivity index (χ1n) is 6.52. The largest absolute Gasteiger partial charge is 0.733 e. The van der Waals surface area contributed by atoms with Crippen LogP contribution >= 0.6 is 0 Å². The molecule has 0 spiro atoms. The number of nitrogens with one attached hydrogen (secondary N) is 1. The Bertz CT molecular complexity index is 785. The molecule has 0 saturated heterocycles. The topological polar surface area (TPSA) is 105 Å². The first-order valence-corrected chi connectivity index (χ1v) is 8.00. The molecule has 0 unspecified atom stereocenters. The minimum atomic E-state index is -3.83. The molecule has 0 radical (unpaired) electrons. The van der Waals surface area contributed by atoms with Gasteiger partial charge in [-0.3, -0.25) is 5.21 Å². The van der Waals surface area contributed by atoms with Crippen LogP contribution in [0, 0.1) is 5.21 Å². The highest BCUT2D eigenvalue weighted by Gasteiger charge is 2.12. The van der Waals surface area contributed by atoms with E-state index in [1.54, 1.807) is 12.2 Å². The lowest BCUT2D eigenvalue weighted by Gasteiger charge is -2.21. The molecule has 2 aromatic rings.